The summed E-state index contributed by atoms with van der Waals surface area (Å²) in [6, 6.07) is 17.4. The predicted molar refractivity (Wildman–Crippen MR) is 94.2 cm³/mol. The van der Waals surface area contributed by atoms with Crippen LogP contribution in [0.15, 0.2) is 71.3 Å². The molecule has 1 heterocycles. The van der Waals surface area contributed by atoms with Gasteiger partial charge in [-0.25, -0.2) is 4.79 Å². The molecule has 0 unspecified atom stereocenters. The van der Waals surface area contributed by atoms with Gasteiger partial charge in [0.1, 0.15) is 0 Å². The van der Waals surface area contributed by atoms with E-state index in [0.717, 1.165) is 11.4 Å². The molecule has 0 spiro atoms. The summed E-state index contributed by atoms with van der Waals surface area (Å²) in [7, 11) is 1.35. The van der Waals surface area contributed by atoms with E-state index < -0.39 is 0 Å². The number of furan rings is 1. The lowest BCUT2D eigenvalue weighted by molar-refractivity contribution is 0.0600. The molecule has 6 heteroatoms. The average Bonchev–Trinajstić information content (AvgIpc) is 3.18. The number of amides is 1. The molecule has 3 rings (SSSR count). The Kier molecular flexibility index (Phi) is 4.80. The lowest BCUT2D eigenvalue weighted by Gasteiger charge is -2.09. The molecule has 0 fully saturated rings. The van der Waals surface area contributed by atoms with Gasteiger partial charge in [0.25, 0.3) is 5.91 Å². The Labute approximate surface area is 144 Å². The van der Waals surface area contributed by atoms with Gasteiger partial charge in [-0.15, -0.1) is 0 Å². The quantitative estimate of drug-likeness (QED) is 0.687. The van der Waals surface area contributed by atoms with E-state index in [-0.39, 0.29) is 17.6 Å². The molecular weight excluding hydrogens is 320 g/mol. The largest absolute Gasteiger partial charge is 0.465 e. The van der Waals surface area contributed by atoms with Gasteiger partial charge < -0.3 is 19.8 Å². The van der Waals surface area contributed by atoms with Gasteiger partial charge in [-0.1, -0.05) is 6.07 Å². The van der Waals surface area contributed by atoms with E-state index in [9.17, 15) is 9.59 Å². The second-order valence-electron chi connectivity index (χ2n) is 5.21. The first-order chi connectivity index (χ1) is 12.2. The van der Waals surface area contributed by atoms with Crippen LogP contribution in [0.4, 0.5) is 17.1 Å². The Morgan fingerprint density at radius 3 is 2.36 bits per heavy atom. The second kappa shape index (κ2) is 7.35. The first-order valence-corrected chi connectivity index (χ1v) is 7.56. The summed E-state index contributed by atoms with van der Waals surface area (Å²) >= 11 is 0. The molecule has 0 bridgehead atoms. The van der Waals surface area contributed by atoms with Crippen molar-refractivity contribution in [1.82, 2.24) is 0 Å². The number of benzene rings is 2. The number of ether oxygens (including phenoxy) is 1. The maximum atomic E-state index is 11.9. The van der Waals surface area contributed by atoms with Crippen molar-refractivity contribution in [3.8, 4) is 0 Å². The van der Waals surface area contributed by atoms with Crippen molar-refractivity contribution in [2.24, 2.45) is 0 Å². The number of carbonyl (C=O) groups excluding carboxylic acids is 2. The predicted octanol–water partition coefficient (Wildman–Crippen LogP) is 4.06. The van der Waals surface area contributed by atoms with Crippen molar-refractivity contribution >= 4 is 28.9 Å². The Bertz CT molecular complexity index is 871. The standard InChI is InChI=1S/C19H16N2O4/c1-24-19(23)13-4-2-5-16(12-13)20-14-7-9-15(10-8-14)21-18(22)17-6-3-11-25-17/h2-12,20H,1H3,(H,21,22). The summed E-state index contributed by atoms with van der Waals surface area (Å²) in [5.41, 5.74) is 2.69. The Balaban J connectivity index is 1.67. The number of methoxy groups -OCH3 is 1. The molecule has 1 aromatic heterocycles. The summed E-state index contributed by atoms with van der Waals surface area (Å²) in [5.74, 6) is -0.446. The van der Waals surface area contributed by atoms with Gasteiger partial charge in [0.05, 0.1) is 18.9 Å². The minimum atomic E-state index is -0.389. The number of rotatable bonds is 5. The smallest absolute Gasteiger partial charge is 0.337 e. The zero-order chi connectivity index (χ0) is 17.6. The van der Waals surface area contributed by atoms with Gasteiger partial charge in [-0.05, 0) is 54.6 Å². The van der Waals surface area contributed by atoms with Crippen LogP contribution in [-0.4, -0.2) is 19.0 Å². The highest BCUT2D eigenvalue weighted by Crippen LogP contribution is 2.20. The number of carbonyl (C=O) groups is 2. The van der Waals surface area contributed by atoms with E-state index in [1.54, 1.807) is 42.5 Å². The van der Waals surface area contributed by atoms with E-state index in [1.807, 2.05) is 18.2 Å². The number of hydrogen-bond donors (Lipinski definition) is 2. The summed E-state index contributed by atoms with van der Waals surface area (Å²) in [5, 5.41) is 5.94. The monoisotopic (exact) mass is 336 g/mol. The van der Waals surface area contributed by atoms with Crippen LogP contribution in [0.3, 0.4) is 0 Å². The molecule has 3 aromatic rings. The minimum Gasteiger partial charge on any atom is -0.465 e. The van der Waals surface area contributed by atoms with Gasteiger partial charge in [0.15, 0.2) is 5.76 Å². The van der Waals surface area contributed by atoms with Crippen molar-refractivity contribution in [3.05, 3.63) is 78.3 Å². The molecule has 0 saturated carbocycles. The molecule has 0 aliphatic heterocycles. The molecule has 0 aliphatic rings. The van der Waals surface area contributed by atoms with Crippen molar-refractivity contribution in [3.63, 3.8) is 0 Å². The van der Waals surface area contributed by atoms with E-state index in [0.29, 0.717) is 11.3 Å². The first kappa shape index (κ1) is 16.3. The first-order valence-electron chi connectivity index (χ1n) is 7.56. The van der Waals surface area contributed by atoms with E-state index >= 15 is 0 Å². The fourth-order valence-electron chi connectivity index (χ4n) is 2.25. The zero-order valence-electron chi connectivity index (χ0n) is 13.5. The molecule has 1 amide bonds. The molecule has 0 radical (unpaired) electrons. The van der Waals surface area contributed by atoms with Crippen LogP contribution in [0.25, 0.3) is 0 Å². The lowest BCUT2D eigenvalue weighted by Crippen LogP contribution is -2.10. The van der Waals surface area contributed by atoms with Crippen molar-refractivity contribution in [2.75, 3.05) is 17.7 Å². The van der Waals surface area contributed by atoms with Crippen LogP contribution in [0.2, 0.25) is 0 Å². The maximum Gasteiger partial charge on any atom is 0.337 e. The second-order valence-corrected chi connectivity index (χ2v) is 5.21. The molecule has 25 heavy (non-hydrogen) atoms. The van der Waals surface area contributed by atoms with Crippen molar-refractivity contribution in [1.29, 1.82) is 0 Å². The highest BCUT2D eigenvalue weighted by Gasteiger charge is 2.09. The van der Waals surface area contributed by atoms with Gasteiger partial charge in [0.2, 0.25) is 0 Å². The molecule has 6 nitrogen and oxygen atoms in total. The molecule has 0 saturated heterocycles. The van der Waals surface area contributed by atoms with Crippen LogP contribution in [0, 0.1) is 0 Å². The normalized spacial score (nSPS) is 10.1. The van der Waals surface area contributed by atoms with Crippen LogP contribution in [-0.2, 0) is 4.74 Å². The molecule has 2 aromatic carbocycles. The van der Waals surface area contributed by atoms with Gasteiger partial charge in [-0.2, -0.15) is 0 Å². The molecule has 0 aliphatic carbocycles. The molecular formula is C19H16N2O4. The van der Waals surface area contributed by atoms with Crippen LogP contribution >= 0.6 is 0 Å². The van der Waals surface area contributed by atoms with Gasteiger partial charge in [-0.3, -0.25) is 4.79 Å². The number of esters is 1. The van der Waals surface area contributed by atoms with Crippen molar-refractivity contribution < 1.29 is 18.7 Å². The molecule has 126 valence electrons. The Morgan fingerprint density at radius 2 is 1.68 bits per heavy atom. The van der Waals surface area contributed by atoms with Crippen LogP contribution < -0.4 is 10.6 Å². The van der Waals surface area contributed by atoms with Gasteiger partial charge in [0, 0.05) is 17.1 Å². The zero-order valence-corrected chi connectivity index (χ0v) is 13.5. The third-order valence-corrected chi connectivity index (χ3v) is 3.46. The Hall–Kier alpha value is -3.54. The average molecular weight is 336 g/mol. The number of hydrogen-bond acceptors (Lipinski definition) is 5. The third-order valence-electron chi connectivity index (χ3n) is 3.46. The summed E-state index contributed by atoms with van der Waals surface area (Å²) < 4.78 is 9.76. The topological polar surface area (TPSA) is 80.6 Å². The summed E-state index contributed by atoms with van der Waals surface area (Å²) in [6.07, 6.45) is 1.45. The third kappa shape index (κ3) is 4.06. The minimum absolute atomic E-state index is 0.252. The lowest BCUT2D eigenvalue weighted by atomic mass is 10.2. The maximum absolute atomic E-state index is 11.9. The number of nitrogens with one attached hydrogen (secondary N) is 2. The molecule has 2 N–H and O–H groups in total. The SMILES string of the molecule is COC(=O)c1cccc(Nc2ccc(NC(=O)c3ccco3)cc2)c1. The summed E-state index contributed by atoms with van der Waals surface area (Å²) in [4.78, 5) is 23.5. The highest BCUT2D eigenvalue weighted by molar-refractivity contribution is 6.02. The van der Waals surface area contributed by atoms with E-state index in [1.165, 1.54) is 13.4 Å². The van der Waals surface area contributed by atoms with Gasteiger partial charge >= 0.3 is 5.97 Å². The fraction of sp³-hybridized carbons (Fsp3) is 0.0526. The summed E-state index contributed by atoms with van der Waals surface area (Å²) in [6.45, 7) is 0. The Morgan fingerprint density at radius 1 is 0.920 bits per heavy atom. The van der Waals surface area contributed by atoms with Crippen molar-refractivity contribution in [2.45, 2.75) is 0 Å². The van der Waals surface area contributed by atoms with E-state index in [2.05, 4.69) is 10.6 Å². The van der Waals surface area contributed by atoms with Crippen LogP contribution in [0.1, 0.15) is 20.9 Å². The number of anilines is 3. The van der Waals surface area contributed by atoms with E-state index in [4.69, 9.17) is 9.15 Å². The fourth-order valence-corrected chi connectivity index (χ4v) is 2.25. The van der Waals surface area contributed by atoms with Crippen LogP contribution in [0.5, 0.6) is 0 Å². The highest BCUT2D eigenvalue weighted by atomic mass is 16.5. The molecule has 0 atom stereocenters.